The van der Waals surface area contributed by atoms with Crippen molar-refractivity contribution in [3.63, 3.8) is 0 Å². The predicted molar refractivity (Wildman–Crippen MR) is 92.5 cm³/mol. The number of halogens is 3. The summed E-state index contributed by atoms with van der Waals surface area (Å²) < 4.78 is 39.5. The van der Waals surface area contributed by atoms with Crippen molar-refractivity contribution in [2.45, 2.75) is 26.6 Å². The summed E-state index contributed by atoms with van der Waals surface area (Å²) in [6, 6.07) is 12.2. The van der Waals surface area contributed by atoms with E-state index >= 15 is 0 Å². The number of anilines is 1. The molecule has 0 atom stereocenters. The van der Waals surface area contributed by atoms with E-state index in [-0.39, 0.29) is 12.2 Å². The van der Waals surface area contributed by atoms with E-state index in [1.165, 1.54) is 18.2 Å². The third-order valence-corrected chi connectivity index (χ3v) is 3.75. The molecule has 0 saturated carbocycles. The van der Waals surface area contributed by atoms with Crippen molar-refractivity contribution >= 4 is 17.5 Å². The number of amides is 2. The highest BCUT2D eigenvalue weighted by Gasteiger charge is 2.35. The molecule has 0 aromatic heterocycles. The summed E-state index contributed by atoms with van der Waals surface area (Å²) in [7, 11) is 0. The van der Waals surface area contributed by atoms with Crippen molar-refractivity contribution in [2.24, 2.45) is 0 Å². The van der Waals surface area contributed by atoms with E-state index in [4.69, 9.17) is 0 Å². The van der Waals surface area contributed by atoms with Gasteiger partial charge in [0.15, 0.2) is 0 Å². The van der Waals surface area contributed by atoms with Gasteiger partial charge < -0.3 is 10.2 Å². The van der Waals surface area contributed by atoms with Crippen LogP contribution in [0, 0.1) is 6.92 Å². The summed E-state index contributed by atoms with van der Waals surface area (Å²) in [5.41, 5.74) is 0.601. The van der Waals surface area contributed by atoms with Gasteiger partial charge in [-0.25, -0.2) is 0 Å². The first-order chi connectivity index (χ1) is 12.2. The second kappa shape index (κ2) is 8.03. The van der Waals surface area contributed by atoms with Gasteiger partial charge in [-0.05, 0) is 24.6 Å². The van der Waals surface area contributed by atoms with Crippen LogP contribution in [-0.2, 0) is 22.3 Å². The third kappa shape index (κ3) is 5.08. The van der Waals surface area contributed by atoms with Crippen molar-refractivity contribution in [3.05, 3.63) is 65.2 Å². The summed E-state index contributed by atoms with van der Waals surface area (Å²) in [6.45, 7) is 2.78. The quantitative estimate of drug-likeness (QED) is 0.880. The molecule has 0 aliphatic heterocycles. The van der Waals surface area contributed by atoms with Crippen LogP contribution < -0.4 is 10.2 Å². The number of nitrogens with zero attached hydrogens (tertiary/aromatic N) is 1. The molecule has 26 heavy (non-hydrogen) atoms. The SMILES string of the molecule is CC(=O)N(CC(=O)NCc1cccc(C)c1)c1ccccc1C(F)(F)F. The fourth-order valence-corrected chi connectivity index (χ4v) is 2.54. The number of para-hydroxylation sites is 1. The number of hydrogen-bond donors (Lipinski definition) is 1. The van der Waals surface area contributed by atoms with Gasteiger partial charge in [0.2, 0.25) is 11.8 Å². The fourth-order valence-electron chi connectivity index (χ4n) is 2.54. The molecule has 1 N–H and O–H groups in total. The van der Waals surface area contributed by atoms with Crippen molar-refractivity contribution in [2.75, 3.05) is 11.4 Å². The lowest BCUT2D eigenvalue weighted by atomic mass is 10.1. The summed E-state index contributed by atoms with van der Waals surface area (Å²) >= 11 is 0. The lowest BCUT2D eigenvalue weighted by Crippen LogP contribution is -2.40. The Morgan fingerprint density at radius 2 is 1.77 bits per heavy atom. The molecule has 2 amide bonds. The van der Waals surface area contributed by atoms with Crippen molar-refractivity contribution in [1.29, 1.82) is 0 Å². The van der Waals surface area contributed by atoms with Gasteiger partial charge in [-0.15, -0.1) is 0 Å². The Bertz CT molecular complexity index is 803. The van der Waals surface area contributed by atoms with E-state index in [0.717, 1.165) is 29.0 Å². The topological polar surface area (TPSA) is 49.4 Å². The predicted octanol–water partition coefficient (Wildman–Crippen LogP) is 3.68. The molecular formula is C19H19F3N2O2. The van der Waals surface area contributed by atoms with E-state index < -0.39 is 30.1 Å². The van der Waals surface area contributed by atoms with Crippen LogP contribution in [-0.4, -0.2) is 18.4 Å². The average molecular weight is 364 g/mol. The van der Waals surface area contributed by atoms with Crippen LogP contribution in [0.3, 0.4) is 0 Å². The molecule has 2 aromatic rings. The lowest BCUT2D eigenvalue weighted by Gasteiger charge is -2.24. The minimum Gasteiger partial charge on any atom is -0.350 e. The molecule has 4 nitrogen and oxygen atoms in total. The number of rotatable bonds is 5. The van der Waals surface area contributed by atoms with E-state index in [9.17, 15) is 22.8 Å². The molecular weight excluding hydrogens is 345 g/mol. The molecule has 0 radical (unpaired) electrons. The van der Waals surface area contributed by atoms with E-state index in [2.05, 4.69) is 5.32 Å². The fraction of sp³-hybridized carbons (Fsp3) is 0.263. The Morgan fingerprint density at radius 1 is 1.08 bits per heavy atom. The molecule has 0 heterocycles. The maximum atomic E-state index is 13.2. The van der Waals surface area contributed by atoms with Gasteiger partial charge in [-0.1, -0.05) is 42.0 Å². The number of aryl methyl sites for hydroxylation is 1. The number of carbonyl (C=O) groups is 2. The zero-order valence-electron chi connectivity index (χ0n) is 14.4. The molecule has 0 aliphatic carbocycles. The molecule has 0 aliphatic rings. The molecule has 0 saturated heterocycles. The van der Waals surface area contributed by atoms with Crippen molar-refractivity contribution < 1.29 is 22.8 Å². The Hall–Kier alpha value is -2.83. The van der Waals surface area contributed by atoms with Gasteiger partial charge in [-0.3, -0.25) is 9.59 Å². The first-order valence-corrected chi connectivity index (χ1v) is 7.95. The smallest absolute Gasteiger partial charge is 0.350 e. The summed E-state index contributed by atoms with van der Waals surface area (Å²) in [5, 5.41) is 2.63. The summed E-state index contributed by atoms with van der Waals surface area (Å²) in [4.78, 5) is 24.8. The second-order valence-electron chi connectivity index (χ2n) is 5.89. The van der Waals surface area contributed by atoms with Crippen molar-refractivity contribution in [3.8, 4) is 0 Å². The number of benzene rings is 2. The van der Waals surface area contributed by atoms with Crippen LogP contribution in [0.4, 0.5) is 18.9 Å². The van der Waals surface area contributed by atoms with Crippen molar-refractivity contribution in [1.82, 2.24) is 5.32 Å². The number of carbonyl (C=O) groups excluding carboxylic acids is 2. The maximum Gasteiger partial charge on any atom is 0.418 e. The van der Waals surface area contributed by atoms with Crippen LogP contribution in [0.25, 0.3) is 0 Å². The van der Waals surface area contributed by atoms with Crippen LogP contribution >= 0.6 is 0 Å². The van der Waals surface area contributed by atoms with Gasteiger partial charge in [-0.2, -0.15) is 13.2 Å². The minimum atomic E-state index is -4.62. The number of alkyl halides is 3. The van der Waals surface area contributed by atoms with E-state index in [1.807, 2.05) is 31.2 Å². The first kappa shape index (κ1) is 19.5. The van der Waals surface area contributed by atoms with E-state index in [0.29, 0.717) is 0 Å². The monoisotopic (exact) mass is 364 g/mol. The number of hydrogen-bond acceptors (Lipinski definition) is 2. The molecule has 7 heteroatoms. The van der Waals surface area contributed by atoms with Crippen LogP contribution in [0.5, 0.6) is 0 Å². The Morgan fingerprint density at radius 3 is 2.38 bits per heavy atom. The highest BCUT2D eigenvalue weighted by molar-refractivity contribution is 5.98. The second-order valence-corrected chi connectivity index (χ2v) is 5.89. The summed E-state index contributed by atoms with van der Waals surface area (Å²) in [6.07, 6.45) is -4.62. The highest BCUT2D eigenvalue weighted by atomic mass is 19.4. The maximum absolute atomic E-state index is 13.2. The van der Waals surface area contributed by atoms with Gasteiger partial charge in [0.05, 0.1) is 11.3 Å². The number of nitrogens with one attached hydrogen (secondary N) is 1. The Labute approximate surface area is 149 Å². The highest BCUT2D eigenvalue weighted by Crippen LogP contribution is 2.36. The normalized spacial score (nSPS) is 11.1. The zero-order valence-corrected chi connectivity index (χ0v) is 14.4. The largest absolute Gasteiger partial charge is 0.418 e. The lowest BCUT2D eigenvalue weighted by molar-refractivity contribution is -0.137. The Balaban J connectivity index is 2.14. The average Bonchev–Trinajstić information content (AvgIpc) is 2.57. The third-order valence-electron chi connectivity index (χ3n) is 3.75. The summed E-state index contributed by atoms with van der Waals surface area (Å²) in [5.74, 6) is -1.19. The van der Waals surface area contributed by atoms with Gasteiger partial charge in [0.1, 0.15) is 6.54 Å². The standard InChI is InChI=1S/C19H19F3N2O2/c1-13-6-5-7-15(10-13)11-23-18(26)12-24(14(2)25)17-9-4-3-8-16(17)19(20,21)22/h3-10H,11-12H2,1-2H3,(H,23,26). The molecule has 0 fully saturated rings. The molecule has 138 valence electrons. The molecule has 0 unspecified atom stereocenters. The van der Waals surface area contributed by atoms with E-state index in [1.54, 1.807) is 0 Å². The van der Waals surface area contributed by atoms with Crippen LogP contribution in [0.2, 0.25) is 0 Å². The minimum absolute atomic E-state index is 0.229. The van der Waals surface area contributed by atoms with Crippen LogP contribution in [0.1, 0.15) is 23.6 Å². The van der Waals surface area contributed by atoms with Gasteiger partial charge in [0.25, 0.3) is 0 Å². The molecule has 0 spiro atoms. The zero-order chi connectivity index (χ0) is 19.3. The van der Waals surface area contributed by atoms with Gasteiger partial charge >= 0.3 is 6.18 Å². The molecule has 2 rings (SSSR count). The molecule has 2 aromatic carbocycles. The van der Waals surface area contributed by atoms with Gasteiger partial charge in [0, 0.05) is 13.5 Å². The molecule has 0 bridgehead atoms. The first-order valence-electron chi connectivity index (χ1n) is 7.95. The Kier molecular flexibility index (Phi) is 6.02. The van der Waals surface area contributed by atoms with Crippen LogP contribution in [0.15, 0.2) is 48.5 Å².